The molecule has 0 aromatic rings. The Bertz CT molecular complexity index is 328. The van der Waals surface area contributed by atoms with Gasteiger partial charge in [-0.1, -0.05) is 13.8 Å². The van der Waals surface area contributed by atoms with Crippen LogP contribution in [0.5, 0.6) is 0 Å². The van der Waals surface area contributed by atoms with E-state index in [0.29, 0.717) is 45.4 Å². The van der Waals surface area contributed by atoms with E-state index in [2.05, 4.69) is 0 Å². The zero-order valence-electron chi connectivity index (χ0n) is 11.3. The Hall–Kier alpha value is -1.39. The first kappa shape index (κ1) is 14.7. The highest BCUT2D eigenvalue weighted by Crippen LogP contribution is 2.07. The Morgan fingerprint density at radius 1 is 1.06 bits per heavy atom. The summed E-state index contributed by atoms with van der Waals surface area (Å²) in [6.07, 6.45) is 2.55. The Balaban J connectivity index is 2.39. The van der Waals surface area contributed by atoms with Crippen LogP contribution in [0.3, 0.4) is 0 Å². The average Bonchev–Trinajstić information content (AvgIpc) is 2.37. The van der Waals surface area contributed by atoms with Crippen LogP contribution in [0.15, 0.2) is 0 Å². The van der Waals surface area contributed by atoms with Gasteiger partial charge in [-0.15, -0.1) is 0 Å². The molecule has 2 amide bonds. The predicted molar refractivity (Wildman–Crippen MR) is 68.0 cm³/mol. The Kier molecular flexibility index (Phi) is 5.82. The molecule has 102 valence electrons. The van der Waals surface area contributed by atoms with Gasteiger partial charge in [0, 0.05) is 39.0 Å². The molecule has 0 bridgehead atoms. The molecular weight excluding hydrogens is 232 g/mol. The lowest BCUT2D eigenvalue weighted by Gasteiger charge is -2.33. The number of piperazine rings is 1. The van der Waals surface area contributed by atoms with Gasteiger partial charge >= 0.3 is 11.8 Å². The molecule has 0 unspecified atom stereocenters. The van der Waals surface area contributed by atoms with Crippen molar-refractivity contribution in [3.8, 4) is 0 Å². The van der Waals surface area contributed by atoms with Gasteiger partial charge in [0.25, 0.3) is 0 Å². The molecule has 0 atom stereocenters. The van der Waals surface area contributed by atoms with Crippen LogP contribution < -0.4 is 0 Å². The first-order valence-electron chi connectivity index (χ1n) is 6.70. The van der Waals surface area contributed by atoms with Crippen LogP contribution >= 0.6 is 0 Å². The maximum Gasteiger partial charge on any atom is 0.312 e. The van der Waals surface area contributed by atoms with Crippen LogP contribution in [-0.2, 0) is 14.4 Å². The normalized spacial score (nSPS) is 16.3. The summed E-state index contributed by atoms with van der Waals surface area (Å²) in [5.41, 5.74) is 0. The summed E-state index contributed by atoms with van der Waals surface area (Å²) in [6, 6.07) is 0. The van der Waals surface area contributed by atoms with Crippen LogP contribution in [0.25, 0.3) is 0 Å². The first-order valence-corrected chi connectivity index (χ1v) is 6.70. The predicted octanol–water partition coefficient (Wildman–Crippen LogP) is 0.826. The largest absolute Gasteiger partial charge is 0.333 e. The molecule has 5 nitrogen and oxygen atoms in total. The van der Waals surface area contributed by atoms with Crippen molar-refractivity contribution < 1.29 is 14.4 Å². The van der Waals surface area contributed by atoms with E-state index in [0.717, 1.165) is 6.42 Å². The zero-order valence-corrected chi connectivity index (χ0v) is 11.3. The number of amides is 2. The number of carbonyl (C=O) groups excluding carboxylic acids is 3. The van der Waals surface area contributed by atoms with E-state index < -0.39 is 11.8 Å². The summed E-state index contributed by atoms with van der Waals surface area (Å²) < 4.78 is 0. The van der Waals surface area contributed by atoms with Crippen LogP contribution in [0.4, 0.5) is 0 Å². The van der Waals surface area contributed by atoms with Gasteiger partial charge in [-0.05, 0) is 12.8 Å². The van der Waals surface area contributed by atoms with Gasteiger partial charge in [0.05, 0.1) is 0 Å². The second-order valence-corrected chi connectivity index (χ2v) is 4.58. The maximum absolute atomic E-state index is 11.8. The van der Waals surface area contributed by atoms with Crippen molar-refractivity contribution in [2.45, 2.75) is 39.5 Å². The molecule has 18 heavy (non-hydrogen) atoms. The van der Waals surface area contributed by atoms with E-state index in [9.17, 15) is 14.4 Å². The molecule has 1 rings (SSSR count). The number of hydrogen-bond donors (Lipinski definition) is 0. The number of nitrogens with zero attached hydrogens (tertiary/aromatic N) is 2. The topological polar surface area (TPSA) is 57.7 Å². The summed E-state index contributed by atoms with van der Waals surface area (Å²) in [7, 11) is 0. The Morgan fingerprint density at radius 2 is 1.61 bits per heavy atom. The molecule has 0 radical (unpaired) electrons. The van der Waals surface area contributed by atoms with Crippen molar-refractivity contribution in [3.63, 3.8) is 0 Å². The first-order chi connectivity index (χ1) is 8.60. The van der Waals surface area contributed by atoms with Gasteiger partial charge in [-0.3, -0.25) is 14.4 Å². The zero-order chi connectivity index (χ0) is 13.5. The van der Waals surface area contributed by atoms with E-state index in [4.69, 9.17) is 0 Å². The number of hydrogen-bond acceptors (Lipinski definition) is 3. The van der Waals surface area contributed by atoms with Crippen molar-refractivity contribution in [2.24, 2.45) is 0 Å². The summed E-state index contributed by atoms with van der Waals surface area (Å²) in [5, 5.41) is 0. The number of rotatable bonds is 7. The van der Waals surface area contributed by atoms with Crippen molar-refractivity contribution in [1.82, 2.24) is 9.80 Å². The Morgan fingerprint density at radius 3 is 2.11 bits per heavy atom. The smallest absolute Gasteiger partial charge is 0.312 e. The molecule has 1 aliphatic heterocycles. The fraction of sp³-hybridized carbons (Fsp3) is 0.769. The van der Waals surface area contributed by atoms with E-state index in [1.54, 1.807) is 9.80 Å². The third-order valence-corrected chi connectivity index (χ3v) is 3.17. The van der Waals surface area contributed by atoms with Crippen molar-refractivity contribution in [3.05, 3.63) is 0 Å². The van der Waals surface area contributed by atoms with Gasteiger partial charge in [0.1, 0.15) is 5.78 Å². The number of carbonyl (C=O) groups is 3. The minimum absolute atomic E-state index is 0.207. The fourth-order valence-corrected chi connectivity index (χ4v) is 2.06. The lowest BCUT2D eigenvalue weighted by Crippen LogP contribution is -2.54. The molecule has 5 heteroatoms. The van der Waals surface area contributed by atoms with Gasteiger partial charge < -0.3 is 9.80 Å². The standard InChI is InChI=1S/C13H22N2O3/c1-3-7-14-9-10-15(13(18)12(14)17)8-5-6-11(16)4-2/h3-10H2,1-2H3. The molecule has 0 aromatic heterocycles. The van der Waals surface area contributed by atoms with E-state index >= 15 is 0 Å². The molecule has 0 aromatic carbocycles. The van der Waals surface area contributed by atoms with Crippen LogP contribution in [-0.4, -0.2) is 53.6 Å². The number of ketones is 1. The number of Topliss-reactive ketones (excluding diaryl/α,β-unsaturated/α-hetero) is 1. The summed E-state index contributed by atoms with van der Waals surface area (Å²) >= 11 is 0. The molecular formula is C13H22N2O3. The van der Waals surface area contributed by atoms with Crippen LogP contribution in [0.1, 0.15) is 39.5 Å². The van der Waals surface area contributed by atoms with E-state index in [-0.39, 0.29) is 5.78 Å². The van der Waals surface area contributed by atoms with Gasteiger partial charge in [0.2, 0.25) is 0 Å². The second-order valence-electron chi connectivity index (χ2n) is 4.58. The maximum atomic E-state index is 11.8. The van der Waals surface area contributed by atoms with Crippen molar-refractivity contribution in [2.75, 3.05) is 26.2 Å². The third-order valence-electron chi connectivity index (χ3n) is 3.17. The molecule has 0 N–H and O–H groups in total. The summed E-state index contributed by atoms with van der Waals surface area (Å²) in [6.45, 7) is 6.18. The molecule has 0 spiro atoms. The lowest BCUT2D eigenvalue weighted by molar-refractivity contribution is -0.156. The third kappa shape index (κ3) is 3.82. The molecule has 1 saturated heterocycles. The van der Waals surface area contributed by atoms with Crippen LogP contribution in [0, 0.1) is 0 Å². The van der Waals surface area contributed by atoms with Gasteiger partial charge in [0.15, 0.2) is 0 Å². The summed E-state index contributed by atoms with van der Waals surface area (Å²) in [5.74, 6) is -0.609. The molecule has 1 fully saturated rings. The molecule has 1 aliphatic rings. The SMILES string of the molecule is CCCN1CCN(CCCC(=O)CC)C(=O)C1=O. The van der Waals surface area contributed by atoms with Crippen molar-refractivity contribution >= 4 is 17.6 Å². The van der Waals surface area contributed by atoms with Gasteiger partial charge in [-0.25, -0.2) is 0 Å². The highest BCUT2D eigenvalue weighted by molar-refractivity contribution is 6.35. The minimum atomic E-state index is -0.418. The highest BCUT2D eigenvalue weighted by atomic mass is 16.2. The minimum Gasteiger partial charge on any atom is -0.333 e. The molecule has 0 aliphatic carbocycles. The quantitative estimate of drug-likeness (QED) is 0.632. The second kappa shape index (κ2) is 7.13. The van der Waals surface area contributed by atoms with E-state index in [1.165, 1.54) is 0 Å². The average molecular weight is 254 g/mol. The van der Waals surface area contributed by atoms with Crippen molar-refractivity contribution in [1.29, 1.82) is 0 Å². The molecule has 0 saturated carbocycles. The molecule has 1 heterocycles. The lowest BCUT2D eigenvalue weighted by atomic mass is 10.1. The van der Waals surface area contributed by atoms with Crippen LogP contribution in [0.2, 0.25) is 0 Å². The highest BCUT2D eigenvalue weighted by Gasteiger charge is 2.31. The summed E-state index contributed by atoms with van der Waals surface area (Å²) in [4.78, 5) is 37.9. The Labute approximate surface area is 108 Å². The van der Waals surface area contributed by atoms with Gasteiger partial charge in [-0.2, -0.15) is 0 Å². The fourth-order valence-electron chi connectivity index (χ4n) is 2.06. The monoisotopic (exact) mass is 254 g/mol. The van der Waals surface area contributed by atoms with E-state index in [1.807, 2.05) is 13.8 Å².